The van der Waals surface area contributed by atoms with E-state index in [1.165, 1.54) is 0 Å². The predicted molar refractivity (Wildman–Crippen MR) is 109 cm³/mol. The van der Waals surface area contributed by atoms with Gasteiger partial charge >= 0.3 is 0 Å². The minimum atomic E-state index is -3.13. The van der Waals surface area contributed by atoms with Gasteiger partial charge in [0.1, 0.15) is 5.01 Å². The van der Waals surface area contributed by atoms with Crippen LogP contribution < -0.4 is 10.6 Å². The van der Waals surface area contributed by atoms with Crippen LogP contribution in [0.3, 0.4) is 0 Å². The highest BCUT2D eigenvalue weighted by Crippen LogP contribution is 2.15. The van der Waals surface area contributed by atoms with Crippen LogP contribution in [0.1, 0.15) is 37.6 Å². The smallest absolute Gasteiger partial charge is 0.191 e. The van der Waals surface area contributed by atoms with E-state index >= 15 is 0 Å². The van der Waals surface area contributed by atoms with Crippen LogP contribution in [0.4, 0.5) is 0 Å². The summed E-state index contributed by atoms with van der Waals surface area (Å²) in [7, 11) is -3.13. The van der Waals surface area contributed by atoms with Crippen molar-refractivity contribution in [2.24, 2.45) is 4.99 Å². The Morgan fingerprint density at radius 1 is 1.35 bits per heavy atom. The lowest BCUT2D eigenvalue weighted by Crippen LogP contribution is -2.41. The Hall–Kier alpha value is -0.420. The van der Waals surface area contributed by atoms with Crippen molar-refractivity contribution in [2.45, 2.75) is 45.9 Å². The minimum Gasteiger partial charge on any atom is -0.357 e. The highest BCUT2D eigenvalue weighted by atomic mass is 127. The summed E-state index contributed by atoms with van der Waals surface area (Å²) in [6.45, 7) is 10.7. The van der Waals surface area contributed by atoms with E-state index in [-0.39, 0.29) is 29.7 Å². The number of guanidine groups is 1. The monoisotopic (exact) mass is 474 g/mol. The summed E-state index contributed by atoms with van der Waals surface area (Å²) in [6.07, 6.45) is 1.83. The van der Waals surface area contributed by atoms with Crippen molar-refractivity contribution >= 4 is 51.1 Å². The maximum Gasteiger partial charge on any atom is 0.191 e. The van der Waals surface area contributed by atoms with E-state index < -0.39 is 14.6 Å². The molecule has 23 heavy (non-hydrogen) atoms. The fourth-order valence-corrected chi connectivity index (χ4v) is 3.27. The molecule has 0 atom stereocenters. The molecule has 6 nitrogen and oxygen atoms in total. The van der Waals surface area contributed by atoms with Crippen LogP contribution in [-0.4, -0.2) is 43.0 Å². The van der Waals surface area contributed by atoms with E-state index in [1.807, 2.05) is 20.0 Å². The molecule has 0 saturated carbocycles. The lowest BCUT2D eigenvalue weighted by Gasteiger charge is -2.19. The Bertz CT molecular complexity index is 607. The van der Waals surface area contributed by atoms with E-state index in [1.54, 1.807) is 32.1 Å². The summed E-state index contributed by atoms with van der Waals surface area (Å²) >= 11 is 1.61. The van der Waals surface area contributed by atoms with Crippen LogP contribution in [-0.2, 0) is 16.4 Å². The molecule has 1 rings (SSSR count). The maximum absolute atomic E-state index is 12.1. The largest absolute Gasteiger partial charge is 0.357 e. The van der Waals surface area contributed by atoms with Gasteiger partial charge in [-0.05, 0) is 34.6 Å². The highest BCUT2D eigenvalue weighted by Gasteiger charge is 2.28. The quantitative estimate of drug-likeness (QED) is 0.376. The second-order valence-corrected chi connectivity index (χ2v) is 10.1. The molecule has 0 amide bonds. The van der Waals surface area contributed by atoms with E-state index in [0.29, 0.717) is 19.0 Å². The van der Waals surface area contributed by atoms with Gasteiger partial charge < -0.3 is 10.6 Å². The number of halogens is 1. The third-order valence-electron chi connectivity index (χ3n) is 2.98. The van der Waals surface area contributed by atoms with Crippen LogP contribution in [0, 0.1) is 6.92 Å². The fourth-order valence-electron chi connectivity index (χ4n) is 1.57. The average molecular weight is 474 g/mol. The Kier molecular flexibility index (Phi) is 9.60. The zero-order valence-electron chi connectivity index (χ0n) is 14.3. The molecule has 1 heterocycles. The number of nitrogens with zero attached hydrogens (tertiary/aromatic N) is 2. The van der Waals surface area contributed by atoms with Gasteiger partial charge in [-0.3, -0.25) is 0 Å². The zero-order valence-corrected chi connectivity index (χ0v) is 18.3. The van der Waals surface area contributed by atoms with Gasteiger partial charge in [0.15, 0.2) is 15.8 Å². The SMILES string of the molecule is CCNC(=NCc1ncc(C)s1)NCCS(=O)(=O)C(C)(C)C.I. The average Bonchev–Trinajstić information content (AvgIpc) is 2.80. The maximum atomic E-state index is 12.1. The van der Waals surface area contributed by atoms with Gasteiger partial charge in [0.25, 0.3) is 0 Å². The van der Waals surface area contributed by atoms with Gasteiger partial charge in [-0.25, -0.2) is 18.4 Å². The molecular formula is C14H27IN4O2S2. The van der Waals surface area contributed by atoms with Gasteiger partial charge in [0, 0.05) is 24.2 Å². The first kappa shape index (κ1) is 22.6. The summed E-state index contributed by atoms with van der Waals surface area (Å²) in [6, 6.07) is 0. The van der Waals surface area contributed by atoms with Crippen LogP contribution in [0.5, 0.6) is 0 Å². The van der Waals surface area contributed by atoms with Gasteiger partial charge in [-0.1, -0.05) is 0 Å². The molecule has 1 aromatic rings. The molecule has 0 radical (unpaired) electrons. The number of thiazole rings is 1. The number of hydrogen-bond donors (Lipinski definition) is 2. The lowest BCUT2D eigenvalue weighted by atomic mass is 10.3. The summed E-state index contributed by atoms with van der Waals surface area (Å²) in [5.41, 5.74) is 0. The van der Waals surface area contributed by atoms with Crippen molar-refractivity contribution in [3.05, 3.63) is 16.1 Å². The van der Waals surface area contributed by atoms with Crippen molar-refractivity contribution in [3.63, 3.8) is 0 Å². The number of hydrogen-bond acceptors (Lipinski definition) is 5. The second-order valence-electron chi connectivity index (χ2n) is 5.92. The van der Waals surface area contributed by atoms with Gasteiger partial charge in [-0.15, -0.1) is 35.3 Å². The standard InChI is InChI=1S/C14H26N4O2S2.HI/c1-6-15-13(18-10-12-17-9-11(2)21-12)16-7-8-22(19,20)14(3,4)5;/h9H,6-8,10H2,1-5H3,(H2,15,16,18);1H. The molecule has 0 aliphatic carbocycles. The summed E-state index contributed by atoms with van der Waals surface area (Å²) < 4.78 is 23.4. The first-order valence-electron chi connectivity index (χ1n) is 7.31. The van der Waals surface area contributed by atoms with E-state index in [4.69, 9.17) is 0 Å². The lowest BCUT2D eigenvalue weighted by molar-refractivity contribution is 0.559. The summed E-state index contributed by atoms with van der Waals surface area (Å²) in [4.78, 5) is 9.84. The van der Waals surface area contributed by atoms with Crippen molar-refractivity contribution in [3.8, 4) is 0 Å². The molecule has 0 spiro atoms. The van der Waals surface area contributed by atoms with Gasteiger partial charge in [-0.2, -0.15) is 0 Å². The number of nitrogens with one attached hydrogen (secondary N) is 2. The third kappa shape index (κ3) is 7.79. The second kappa shape index (κ2) is 9.77. The van der Waals surface area contributed by atoms with Crippen molar-refractivity contribution < 1.29 is 8.42 Å². The molecule has 2 N–H and O–H groups in total. The molecular weight excluding hydrogens is 447 g/mol. The van der Waals surface area contributed by atoms with Gasteiger partial charge in [0.05, 0.1) is 17.0 Å². The highest BCUT2D eigenvalue weighted by molar-refractivity contribution is 14.0. The molecule has 0 aromatic carbocycles. The van der Waals surface area contributed by atoms with Crippen LogP contribution >= 0.6 is 35.3 Å². The third-order valence-corrected chi connectivity index (χ3v) is 6.49. The van der Waals surface area contributed by atoms with Crippen LogP contribution in [0.25, 0.3) is 0 Å². The molecule has 0 aliphatic rings. The molecule has 0 bridgehead atoms. The predicted octanol–water partition coefficient (Wildman–Crippen LogP) is 2.34. The first-order chi connectivity index (χ1) is 10.2. The Labute approximate surface area is 160 Å². The molecule has 0 aliphatic heterocycles. The molecule has 1 aromatic heterocycles. The molecule has 0 saturated heterocycles. The summed E-state index contributed by atoms with van der Waals surface area (Å²) in [5.74, 6) is 0.691. The Morgan fingerprint density at radius 3 is 2.48 bits per heavy atom. The number of aromatic nitrogens is 1. The normalized spacial score (nSPS) is 12.7. The minimum absolute atomic E-state index is 0. The first-order valence-corrected chi connectivity index (χ1v) is 9.78. The number of rotatable bonds is 6. The Morgan fingerprint density at radius 2 is 2.00 bits per heavy atom. The van der Waals surface area contributed by atoms with Crippen molar-refractivity contribution in [1.29, 1.82) is 0 Å². The fraction of sp³-hybridized carbons (Fsp3) is 0.714. The van der Waals surface area contributed by atoms with Crippen LogP contribution in [0.2, 0.25) is 0 Å². The van der Waals surface area contributed by atoms with E-state index in [2.05, 4.69) is 20.6 Å². The van der Waals surface area contributed by atoms with Crippen LogP contribution in [0.15, 0.2) is 11.2 Å². The zero-order chi connectivity index (χ0) is 16.8. The topological polar surface area (TPSA) is 83.4 Å². The van der Waals surface area contributed by atoms with Gasteiger partial charge in [0.2, 0.25) is 0 Å². The number of aliphatic imine (C=N–C) groups is 1. The molecule has 0 fully saturated rings. The van der Waals surface area contributed by atoms with E-state index in [0.717, 1.165) is 16.4 Å². The summed E-state index contributed by atoms with van der Waals surface area (Å²) in [5, 5.41) is 7.11. The Balaban J connectivity index is 0.00000484. The van der Waals surface area contributed by atoms with Crippen molar-refractivity contribution in [2.75, 3.05) is 18.8 Å². The van der Waals surface area contributed by atoms with Crippen molar-refractivity contribution in [1.82, 2.24) is 15.6 Å². The molecule has 0 unspecified atom stereocenters. The number of aryl methyl sites for hydroxylation is 1. The molecule has 134 valence electrons. The number of sulfone groups is 1. The molecule has 9 heteroatoms. The van der Waals surface area contributed by atoms with E-state index in [9.17, 15) is 8.42 Å².